The lowest BCUT2D eigenvalue weighted by molar-refractivity contribution is -0.151. The second kappa shape index (κ2) is 48.6. The number of rotatable bonds is 49. The molecule has 3 atom stereocenters. The van der Waals surface area contributed by atoms with Crippen molar-refractivity contribution in [3.05, 3.63) is 12.2 Å². The predicted molar refractivity (Wildman–Crippen MR) is 260 cm³/mol. The van der Waals surface area contributed by atoms with Crippen molar-refractivity contribution in [1.29, 1.82) is 0 Å². The van der Waals surface area contributed by atoms with E-state index in [1.54, 1.807) is 0 Å². The summed E-state index contributed by atoms with van der Waals surface area (Å²) in [6.45, 7) is 6.49. The second-order valence-electron chi connectivity index (χ2n) is 18.6. The van der Waals surface area contributed by atoms with E-state index in [1.807, 2.05) is 0 Å². The highest BCUT2D eigenvalue weighted by molar-refractivity contribution is 5.77. The van der Waals surface area contributed by atoms with E-state index in [1.165, 1.54) is 199 Å². The van der Waals surface area contributed by atoms with Gasteiger partial charge in [-0.05, 0) is 51.4 Å². The molecule has 0 saturated carbocycles. The molecular weight excluding hydrogens is 743 g/mol. The van der Waals surface area contributed by atoms with Crippen LogP contribution in [-0.4, -0.2) is 46.9 Å². The smallest absolute Gasteiger partial charge is 0.306 e. The molecule has 6 nitrogen and oxygen atoms in total. The van der Waals surface area contributed by atoms with Gasteiger partial charge in [-0.25, -0.2) is 0 Å². The Kier molecular flexibility index (Phi) is 47.5. The van der Waals surface area contributed by atoms with Gasteiger partial charge < -0.3 is 20.3 Å². The van der Waals surface area contributed by atoms with E-state index in [9.17, 15) is 19.8 Å². The van der Waals surface area contributed by atoms with Gasteiger partial charge >= 0.3 is 5.97 Å². The van der Waals surface area contributed by atoms with Gasteiger partial charge in [0.25, 0.3) is 0 Å². The molecule has 0 aromatic carbocycles. The van der Waals surface area contributed by atoms with E-state index in [0.29, 0.717) is 19.3 Å². The summed E-state index contributed by atoms with van der Waals surface area (Å²) in [6.07, 6.45) is 54.1. The zero-order valence-electron chi connectivity index (χ0n) is 40.6. The summed E-state index contributed by atoms with van der Waals surface area (Å²) < 4.78 is 5.94. The van der Waals surface area contributed by atoms with Crippen LogP contribution < -0.4 is 5.32 Å². The maximum atomic E-state index is 13.2. The van der Waals surface area contributed by atoms with Crippen LogP contribution in [-0.2, 0) is 14.3 Å². The summed E-state index contributed by atoms with van der Waals surface area (Å²) in [5.74, 6) is -0.465. The topological polar surface area (TPSA) is 95.9 Å². The van der Waals surface area contributed by atoms with Gasteiger partial charge in [-0.1, -0.05) is 245 Å². The van der Waals surface area contributed by atoms with Gasteiger partial charge in [0.2, 0.25) is 5.91 Å². The molecule has 0 spiro atoms. The summed E-state index contributed by atoms with van der Waals surface area (Å²) >= 11 is 0. The van der Waals surface area contributed by atoms with Gasteiger partial charge in [0.1, 0.15) is 6.10 Å². The van der Waals surface area contributed by atoms with E-state index >= 15 is 0 Å². The van der Waals surface area contributed by atoms with Crippen LogP contribution in [0.1, 0.15) is 297 Å². The van der Waals surface area contributed by atoms with Gasteiger partial charge in [-0.3, -0.25) is 9.59 Å². The van der Waals surface area contributed by atoms with Crippen molar-refractivity contribution < 1.29 is 24.5 Å². The van der Waals surface area contributed by atoms with Gasteiger partial charge in [0.05, 0.1) is 25.2 Å². The van der Waals surface area contributed by atoms with Crippen LogP contribution in [0, 0.1) is 0 Å². The molecule has 60 heavy (non-hydrogen) atoms. The van der Waals surface area contributed by atoms with Crippen molar-refractivity contribution in [2.75, 3.05) is 6.61 Å². The molecule has 0 saturated heterocycles. The van der Waals surface area contributed by atoms with Crippen LogP contribution in [0.25, 0.3) is 0 Å². The lowest BCUT2D eigenvalue weighted by atomic mass is 10.0. The average Bonchev–Trinajstić information content (AvgIpc) is 3.24. The standard InChI is InChI=1S/C54H105NO5/c1-4-7-10-13-16-19-22-25-26-27-29-30-33-36-39-42-45-50(60-54(59)47-44-41-38-35-32-24-21-18-15-12-9-6-3)48-53(58)55-51(49-56)52(57)46-43-40-37-34-31-28-23-20-17-14-11-8-5-2/h18,21,50-52,56-57H,4-17,19-20,22-49H2,1-3H3,(H,55,58)/b21-18-. The fourth-order valence-corrected chi connectivity index (χ4v) is 8.49. The predicted octanol–water partition coefficient (Wildman–Crippen LogP) is 16.1. The summed E-state index contributed by atoms with van der Waals surface area (Å²) in [5, 5.41) is 23.8. The van der Waals surface area contributed by atoms with Gasteiger partial charge in [0.15, 0.2) is 0 Å². The maximum absolute atomic E-state index is 13.2. The Morgan fingerprint density at radius 1 is 0.467 bits per heavy atom. The summed E-state index contributed by atoms with van der Waals surface area (Å²) in [5.41, 5.74) is 0. The van der Waals surface area contributed by atoms with Crippen LogP contribution in [0.4, 0.5) is 0 Å². The van der Waals surface area contributed by atoms with Crippen LogP contribution >= 0.6 is 0 Å². The van der Waals surface area contributed by atoms with Crippen molar-refractivity contribution in [3.8, 4) is 0 Å². The number of carbonyl (C=O) groups is 2. The third-order valence-electron chi connectivity index (χ3n) is 12.6. The monoisotopic (exact) mass is 848 g/mol. The molecule has 1 amide bonds. The second-order valence-corrected chi connectivity index (χ2v) is 18.6. The summed E-state index contributed by atoms with van der Waals surface area (Å²) in [7, 11) is 0. The normalized spacial score (nSPS) is 13.2. The molecular formula is C54H105NO5. The quantitative estimate of drug-likeness (QED) is 0.0322. The van der Waals surface area contributed by atoms with Gasteiger partial charge in [-0.15, -0.1) is 0 Å². The number of ether oxygens (including phenoxy) is 1. The number of amides is 1. The van der Waals surface area contributed by atoms with E-state index < -0.39 is 18.2 Å². The van der Waals surface area contributed by atoms with Crippen molar-refractivity contribution in [1.82, 2.24) is 5.32 Å². The molecule has 6 heteroatoms. The third kappa shape index (κ3) is 43.3. The molecule has 0 aliphatic heterocycles. The highest BCUT2D eigenvalue weighted by Gasteiger charge is 2.24. The third-order valence-corrected chi connectivity index (χ3v) is 12.6. The number of hydrogen-bond donors (Lipinski definition) is 3. The SMILES string of the molecule is CCCCC/C=C\CCCCCCCC(=O)OC(CCCCCCCCCCCCCCCCCC)CC(=O)NC(CO)C(O)CCCCCCCCCCCCCCC. The van der Waals surface area contributed by atoms with E-state index in [0.717, 1.165) is 51.4 Å². The maximum Gasteiger partial charge on any atom is 0.306 e. The van der Waals surface area contributed by atoms with Crippen molar-refractivity contribution in [2.24, 2.45) is 0 Å². The number of allylic oxidation sites excluding steroid dienone is 2. The van der Waals surface area contributed by atoms with Gasteiger partial charge in [0, 0.05) is 6.42 Å². The Balaban J connectivity index is 4.53. The summed E-state index contributed by atoms with van der Waals surface area (Å²) in [6, 6.07) is -0.696. The molecule has 0 rings (SSSR count). The first-order valence-electron chi connectivity index (χ1n) is 26.9. The highest BCUT2D eigenvalue weighted by Crippen LogP contribution is 2.19. The number of hydrogen-bond acceptors (Lipinski definition) is 5. The number of unbranched alkanes of at least 4 members (excludes halogenated alkanes) is 35. The first-order chi connectivity index (χ1) is 29.5. The average molecular weight is 848 g/mol. The molecule has 0 aromatic heterocycles. The molecule has 356 valence electrons. The zero-order valence-corrected chi connectivity index (χ0v) is 40.6. The molecule has 3 unspecified atom stereocenters. The Morgan fingerprint density at radius 3 is 1.22 bits per heavy atom. The first kappa shape index (κ1) is 58.6. The van der Waals surface area contributed by atoms with Crippen LogP contribution in [0.15, 0.2) is 12.2 Å². The minimum atomic E-state index is -0.783. The number of aliphatic hydroxyl groups is 2. The van der Waals surface area contributed by atoms with Gasteiger partial charge in [-0.2, -0.15) is 0 Å². The molecule has 3 N–H and O–H groups in total. The van der Waals surface area contributed by atoms with E-state index in [4.69, 9.17) is 4.74 Å². The van der Waals surface area contributed by atoms with Crippen LogP contribution in [0.5, 0.6) is 0 Å². The van der Waals surface area contributed by atoms with Crippen LogP contribution in [0.2, 0.25) is 0 Å². The Bertz CT molecular complexity index is 909. The number of carbonyl (C=O) groups excluding carboxylic acids is 2. The fourth-order valence-electron chi connectivity index (χ4n) is 8.49. The van der Waals surface area contributed by atoms with Crippen molar-refractivity contribution in [3.63, 3.8) is 0 Å². The number of aliphatic hydroxyl groups excluding tert-OH is 2. The molecule has 0 radical (unpaired) electrons. The minimum Gasteiger partial charge on any atom is -0.462 e. The van der Waals surface area contributed by atoms with Crippen molar-refractivity contribution in [2.45, 2.75) is 315 Å². The largest absolute Gasteiger partial charge is 0.462 e. The molecule has 0 bridgehead atoms. The first-order valence-corrected chi connectivity index (χ1v) is 26.9. The molecule has 0 aliphatic rings. The number of nitrogens with one attached hydrogen (secondary N) is 1. The number of esters is 1. The Morgan fingerprint density at radius 2 is 0.800 bits per heavy atom. The van der Waals surface area contributed by atoms with Crippen LogP contribution in [0.3, 0.4) is 0 Å². The van der Waals surface area contributed by atoms with Crippen molar-refractivity contribution >= 4 is 11.9 Å². The molecule has 0 heterocycles. The fraction of sp³-hybridized carbons (Fsp3) is 0.926. The lowest BCUT2D eigenvalue weighted by Crippen LogP contribution is -2.46. The Labute approximate surface area is 374 Å². The lowest BCUT2D eigenvalue weighted by Gasteiger charge is -2.24. The molecule has 0 fully saturated rings. The minimum absolute atomic E-state index is 0.0817. The zero-order chi connectivity index (χ0) is 43.8. The molecule has 0 aliphatic carbocycles. The molecule has 0 aromatic rings. The summed E-state index contributed by atoms with van der Waals surface area (Å²) in [4.78, 5) is 26.1. The Hall–Kier alpha value is -1.40. The van der Waals surface area contributed by atoms with E-state index in [2.05, 4.69) is 38.2 Å². The highest BCUT2D eigenvalue weighted by atomic mass is 16.5. The van der Waals surface area contributed by atoms with E-state index in [-0.39, 0.29) is 24.9 Å².